The summed E-state index contributed by atoms with van der Waals surface area (Å²) in [6.45, 7) is 9.97. The van der Waals surface area contributed by atoms with Gasteiger partial charge in [0.25, 0.3) is 0 Å². The largest absolute Gasteiger partial charge is 0.369 e. The van der Waals surface area contributed by atoms with E-state index in [1.807, 2.05) is 0 Å². The van der Waals surface area contributed by atoms with Gasteiger partial charge in [0.2, 0.25) is 0 Å². The molecule has 0 spiro atoms. The van der Waals surface area contributed by atoms with E-state index in [0.29, 0.717) is 11.3 Å². The van der Waals surface area contributed by atoms with E-state index in [1.54, 1.807) is 0 Å². The van der Waals surface area contributed by atoms with Crippen LogP contribution in [0.25, 0.3) is 0 Å². The Morgan fingerprint density at radius 3 is 2.47 bits per heavy atom. The van der Waals surface area contributed by atoms with Gasteiger partial charge in [-0.15, -0.1) is 0 Å². The standard InChI is InChI=1S/C15H24IN3/c1-5-7-11-12(16)14(17-8-6-2)19-13(18-11)10-9-15(10,3)4/h10H,5-9H2,1-4H3,(H,17,18,19). The van der Waals surface area contributed by atoms with Crippen molar-refractivity contribution < 1.29 is 0 Å². The summed E-state index contributed by atoms with van der Waals surface area (Å²) in [6.07, 6.45) is 4.51. The minimum absolute atomic E-state index is 0.387. The topological polar surface area (TPSA) is 37.8 Å². The zero-order valence-corrected chi connectivity index (χ0v) is 14.5. The number of nitrogens with zero attached hydrogens (tertiary/aromatic N) is 2. The Bertz CT molecular complexity index is 457. The van der Waals surface area contributed by atoms with E-state index < -0.39 is 0 Å². The molecule has 106 valence electrons. The molecule has 1 heterocycles. The predicted molar refractivity (Wildman–Crippen MR) is 88.7 cm³/mol. The molecule has 0 bridgehead atoms. The average molecular weight is 373 g/mol. The van der Waals surface area contributed by atoms with E-state index in [4.69, 9.17) is 9.97 Å². The highest BCUT2D eigenvalue weighted by atomic mass is 127. The summed E-state index contributed by atoms with van der Waals surface area (Å²) in [6, 6.07) is 0. The van der Waals surface area contributed by atoms with Crippen molar-refractivity contribution in [2.45, 2.75) is 59.3 Å². The lowest BCUT2D eigenvalue weighted by Gasteiger charge is -2.13. The third-order valence-corrected chi connectivity index (χ3v) is 4.92. The Hall–Kier alpha value is -0.390. The van der Waals surface area contributed by atoms with Crippen LogP contribution in [0.3, 0.4) is 0 Å². The Morgan fingerprint density at radius 2 is 1.95 bits per heavy atom. The summed E-state index contributed by atoms with van der Waals surface area (Å²) >= 11 is 2.39. The molecule has 4 heteroatoms. The molecule has 1 aromatic rings. The van der Waals surface area contributed by atoms with Crippen LogP contribution in [0.5, 0.6) is 0 Å². The van der Waals surface area contributed by atoms with Crippen LogP contribution in [-0.4, -0.2) is 16.5 Å². The second-order valence-corrected chi connectivity index (χ2v) is 7.19. The number of nitrogens with one attached hydrogen (secondary N) is 1. The fourth-order valence-corrected chi connectivity index (χ4v) is 3.04. The molecule has 19 heavy (non-hydrogen) atoms. The van der Waals surface area contributed by atoms with Gasteiger partial charge < -0.3 is 5.32 Å². The Balaban J connectivity index is 2.31. The van der Waals surface area contributed by atoms with Crippen molar-refractivity contribution in [2.75, 3.05) is 11.9 Å². The van der Waals surface area contributed by atoms with Crippen molar-refractivity contribution in [1.82, 2.24) is 9.97 Å². The third-order valence-electron chi connectivity index (χ3n) is 3.79. The van der Waals surface area contributed by atoms with E-state index >= 15 is 0 Å². The lowest BCUT2D eigenvalue weighted by molar-refractivity contribution is 0.606. The molecule has 3 nitrogen and oxygen atoms in total. The SMILES string of the molecule is CCCNc1nc(C2CC2(C)C)nc(CCC)c1I. The summed E-state index contributed by atoms with van der Waals surface area (Å²) in [7, 11) is 0. The second-order valence-electron chi connectivity index (χ2n) is 6.11. The van der Waals surface area contributed by atoms with Crippen molar-refractivity contribution >= 4 is 28.4 Å². The van der Waals surface area contributed by atoms with Gasteiger partial charge in [0, 0.05) is 12.5 Å². The van der Waals surface area contributed by atoms with E-state index in [0.717, 1.165) is 37.4 Å². The molecule has 0 amide bonds. The second kappa shape index (κ2) is 5.94. The molecule has 1 atom stereocenters. The highest BCUT2D eigenvalue weighted by molar-refractivity contribution is 14.1. The van der Waals surface area contributed by atoms with Gasteiger partial charge in [0.15, 0.2) is 0 Å². The third kappa shape index (κ3) is 3.38. The first-order chi connectivity index (χ1) is 8.99. The van der Waals surface area contributed by atoms with Crippen LogP contribution < -0.4 is 5.32 Å². The van der Waals surface area contributed by atoms with E-state index in [-0.39, 0.29) is 0 Å². The molecule has 0 radical (unpaired) electrons. The molecule has 2 rings (SSSR count). The molecular weight excluding hydrogens is 349 g/mol. The van der Waals surface area contributed by atoms with Gasteiger partial charge in [-0.05, 0) is 47.3 Å². The minimum Gasteiger partial charge on any atom is -0.369 e. The summed E-state index contributed by atoms with van der Waals surface area (Å²) < 4.78 is 1.20. The number of aryl methyl sites for hydroxylation is 1. The van der Waals surface area contributed by atoms with Crippen molar-refractivity contribution in [3.8, 4) is 0 Å². The summed E-state index contributed by atoms with van der Waals surface area (Å²) in [5, 5.41) is 3.45. The van der Waals surface area contributed by atoms with Crippen molar-refractivity contribution in [1.29, 1.82) is 0 Å². The molecule has 0 saturated heterocycles. The minimum atomic E-state index is 0.387. The monoisotopic (exact) mass is 373 g/mol. The van der Waals surface area contributed by atoms with Gasteiger partial charge in [0.05, 0.1) is 9.26 Å². The first-order valence-corrected chi connectivity index (χ1v) is 8.37. The molecule has 1 saturated carbocycles. The van der Waals surface area contributed by atoms with Gasteiger partial charge in [-0.3, -0.25) is 0 Å². The highest BCUT2D eigenvalue weighted by Crippen LogP contribution is 2.57. The number of hydrogen-bond donors (Lipinski definition) is 1. The maximum absolute atomic E-state index is 4.83. The first-order valence-electron chi connectivity index (χ1n) is 7.29. The zero-order valence-electron chi connectivity index (χ0n) is 12.4. The lowest BCUT2D eigenvalue weighted by atomic mass is 10.1. The van der Waals surface area contributed by atoms with Crippen molar-refractivity contribution in [3.05, 3.63) is 15.1 Å². The lowest BCUT2D eigenvalue weighted by Crippen LogP contribution is -2.11. The number of rotatable bonds is 6. The maximum Gasteiger partial charge on any atom is 0.143 e. The van der Waals surface area contributed by atoms with Crippen LogP contribution >= 0.6 is 22.6 Å². The number of aromatic nitrogens is 2. The number of hydrogen-bond acceptors (Lipinski definition) is 3. The maximum atomic E-state index is 4.83. The number of anilines is 1. The normalized spacial score (nSPS) is 20.4. The molecule has 0 aliphatic heterocycles. The van der Waals surface area contributed by atoms with Crippen LogP contribution in [0.2, 0.25) is 0 Å². The smallest absolute Gasteiger partial charge is 0.143 e. The van der Waals surface area contributed by atoms with Gasteiger partial charge in [-0.2, -0.15) is 0 Å². The predicted octanol–water partition coefficient (Wildman–Crippen LogP) is 4.37. The first kappa shape index (κ1) is 15.0. The molecule has 1 N–H and O–H groups in total. The Morgan fingerprint density at radius 1 is 1.26 bits per heavy atom. The van der Waals surface area contributed by atoms with Crippen molar-refractivity contribution in [2.24, 2.45) is 5.41 Å². The summed E-state index contributed by atoms with van der Waals surface area (Å²) in [4.78, 5) is 9.61. The Labute approximate surface area is 130 Å². The fraction of sp³-hybridized carbons (Fsp3) is 0.733. The molecular formula is C15H24IN3. The van der Waals surface area contributed by atoms with Gasteiger partial charge in [-0.25, -0.2) is 9.97 Å². The molecule has 1 unspecified atom stereocenters. The molecule has 1 aromatic heterocycles. The fourth-order valence-electron chi connectivity index (χ4n) is 2.34. The molecule has 1 fully saturated rings. The van der Waals surface area contributed by atoms with Crippen LogP contribution in [0.15, 0.2) is 0 Å². The van der Waals surface area contributed by atoms with Gasteiger partial charge in [-0.1, -0.05) is 34.1 Å². The zero-order chi connectivity index (χ0) is 14.0. The van der Waals surface area contributed by atoms with Crippen LogP contribution in [0.1, 0.15) is 64.4 Å². The molecule has 1 aliphatic carbocycles. The highest BCUT2D eigenvalue weighted by Gasteiger charge is 2.48. The summed E-state index contributed by atoms with van der Waals surface area (Å²) in [5.74, 6) is 2.63. The van der Waals surface area contributed by atoms with E-state index in [2.05, 4.69) is 55.6 Å². The van der Waals surface area contributed by atoms with E-state index in [9.17, 15) is 0 Å². The van der Waals surface area contributed by atoms with Crippen LogP contribution in [0.4, 0.5) is 5.82 Å². The molecule has 1 aliphatic rings. The van der Waals surface area contributed by atoms with Gasteiger partial charge in [0.1, 0.15) is 11.6 Å². The number of halogens is 1. The average Bonchev–Trinajstić information content (AvgIpc) is 3.00. The van der Waals surface area contributed by atoms with Gasteiger partial charge >= 0.3 is 0 Å². The molecule has 0 aromatic carbocycles. The Kier molecular flexibility index (Phi) is 4.69. The van der Waals surface area contributed by atoms with Crippen molar-refractivity contribution in [3.63, 3.8) is 0 Å². The van der Waals surface area contributed by atoms with E-state index in [1.165, 1.54) is 15.7 Å². The van der Waals surface area contributed by atoms with Crippen LogP contribution in [0, 0.1) is 8.99 Å². The van der Waals surface area contributed by atoms with Crippen LogP contribution in [-0.2, 0) is 6.42 Å². The quantitative estimate of drug-likeness (QED) is 0.753. The summed E-state index contributed by atoms with van der Waals surface area (Å²) in [5.41, 5.74) is 1.60.